The number of amides is 1. The van der Waals surface area contributed by atoms with E-state index in [2.05, 4.69) is 10.3 Å². The zero-order valence-electron chi connectivity index (χ0n) is 19.5. The van der Waals surface area contributed by atoms with E-state index in [1.165, 1.54) is 40.2 Å². The Bertz CT molecular complexity index is 1490. The highest BCUT2D eigenvalue weighted by Gasteiger charge is 2.32. The Labute approximate surface area is 205 Å². The Morgan fingerprint density at radius 3 is 2.63 bits per heavy atom. The molecule has 1 aliphatic carbocycles. The molecule has 5 rings (SSSR count). The van der Waals surface area contributed by atoms with Gasteiger partial charge in [-0.3, -0.25) is 9.59 Å². The number of nitrogens with one attached hydrogen (secondary N) is 1. The monoisotopic (exact) mass is 493 g/mol. The zero-order chi connectivity index (χ0) is 24.7. The summed E-state index contributed by atoms with van der Waals surface area (Å²) in [5.74, 6) is -1.26. The molecule has 0 bridgehead atoms. The van der Waals surface area contributed by atoms with Crippen LogP contribution in [0.2, 0.25) is 0 Å². The third-order valence-electron chi connectivity index (χ3n) is 6.81. The van der Waals surface area contributed by atoms with Gasteiger partial charge in [0.05, 0.1) is 23.5 Å². The second kappa shape index (κ2) is 9.34. The summed E-state index contributed by atoms with van der Waals surface area (Å²) >= 11 is 1.45. The van der Waals surface area contributed by atoms with Crippen LogP contribution in [-0.4, -0.2) is 15.5 Å². The topological polar surface area (TPSA) is 64.0 Å². The van der Waals surface area contributed by atoms with E-state index in [0.717, 1.165) is 24.1 Å². The molecule has 0 radical (unpaired) electrons. The molecule has 2 heterocycles. The lowest BCUT2D eigenvalue weighted by Crippen LogP contribution is -2.38. The number of nitrogens with zero attached hydrogens (tertiary/aromatic N) is 2. The van der Waals surface area contributed by atoms with Crippen LogP contribution in [0.4, 0.5) is 8.78 Å². The Balaban J connectivity index is 1.62. The van der Waals surface area contributed by atoms with Crippen LogP contribution in [0.1, 0.15) is 56.8 Å². The molecule has 0 saturated heterocycles. The second-order valence-electron chi connectivity index (χ2n) is 9.08. The van der Waals surface area contributed by atoms with Gasteiger partial charge in [-0.1, -0.05) is 30.7 Å². The lowest BCUT2D eigenvalue weighted by Gasteiger charge is -2.35. The predicted octanol–water partition coefficient (Wildman–Crippen LogP) is 5.67. The van der Waals surface area contributed by atoms with Crippen LogP contribution in [0.3, 0.4) is 0 Å². The minimum atomic E-state index is -0.675. The summed E-state index contributed by atoms with van der Waals surface area (Å²) in [6, 6.07) is 10.2. The van der Waals surface area contributed by atoms with Gasteiger partial charge < -0.3 is 9.88 Å². The maximum atomic E-state index is 14.9. The first-order valence-corrected chi connectivity index (χ1v) is 12.4. The molecule has 8 heteroatoms. The number of thiazole rings is 1. The quantitative estimate of drug-likeness (QED) is 0.376. The van der Waals surface area contributed by atoms with Gasteiger partial charge in [0.15, 0.2) is 0 Å². The van der Waals surface area contributed by atoms with Crippen LogP contribution in [0.5, 0.6) is 0 Å². The first kappa shape index (κ1) is 23.4. The summed E-state index contributed by atoms with van der Waals surface area (Å²) in [5, 5.41) is 3.93. The third kappa shape index (κ3) is 4.38. The van der Waals surface area contributed by atoms with Crippen molar-refractivity contribution in [2.45, 2.75) is 45.7 Å². The highest BCUT2D eigenvalue weighted by Crippen LogP contribution is 2.38. The van der Waals surface area contributed by atoms with Crippen LogP contribution >= 0.6 is 11.3 Å². The number of benzene rings is 2. The summed E-state index contributed by atoms with van der Waals surface area (Å²) in [5.41, 5.74) is 0.876. The lowest BCUT2D eigenvalue weighted by atomic mass is 9.77. The fraction of sp³-hybridized carbons (Fsp3) is 0.296. The summed E-state index contributed by atoms with van der Waals surface area (Å²) in [6.07, 6.45) is 4.63. The van der Waals surface area contributed by atoms with E-state index >= 15 is 0 Å². The molecule has 2 aromatic carbocycles. The number of carbonyl (C=O) groups is 1. The van der Waals surface area contributed by atoms with E-state index in [4.69, 9.17) is 0 Å². The van der Waals surface area contributed by atoms with Gasteiger partial charge in [0, 0.05) is 22.2 Å². The number of aromatic nitrogens is 2. The SMILES string of the molecule is Cc1cnc(Cn2c(C)c(C(=O)N[C@H](c3cccc(F)c3)C3CCC3)c3cccc(F)c3c2=O)s1. The Morgan fingerprint density at radius 2 is 1.97 bits per heavy atom. The number of carbonyl (C=O) groups excluding carboxylic acids is 1. The molecule has 0 unspecified atom stereocenters. The number of aryl methyl sites for hydroxylation is 1. The average molecular weight is 494 g/mol. The Hall–Kier alpha value is -3.39. The molecule has 2 aromatic heterocycles. The minimum absolute atomic E-state index is 0.123. The first-order chi connectivity index (χ1) is 16.8. The van der Waals surface area contributed by atoms with Gasteiger partial charge in [-0.25, -0.2) is 13.8 Å². The van der Waals surface area contributed by atoms with Crippen molar-refractivity contribution < 1.29 is 13.6 Å². The first-order valence-electron chi connectivity index (χ1n) is 11.6. The van der Waals surface area contributed by atoms with Crippen molar-refractivity contribution in [3.63, 3.8) is 0 Å². The summed E-state index contributed by atoms with van der Waals surface area (Å²) in [4.78, 5) is 32.4. The molecule has 1 N–H and O–H groups in total. The van der Waals surface area contributed by atoms with E-state index < -0.39 is 17.3 Å². The van der Waals surface area contributed by atoms with Gasteiger partial charge in [0.1, 0.15) is 16.6 Å². The Morgan fingerprint density at radius 1 is 1.20 bits per heavy atom. The predicted molar refractivity (Wildman–Crippen MR) is 133 cm³/mol. The molecule has 1 saturated carbocycles. The van der Waals surface area contributed by atoms with Crippen molar-refractivity contribution in [3.05, 3.63) is 97.4 Å². The highest BCUT2D eigenvalue weighted by molar-refractivity contribution is 7.11. The summed E-state index contributed by atoms with van der Waals surface area (Å²) in [6.45, 7) is 3.76. The van der Waals surface area contributed by atoms with Crippen molar-refractivity contribution in [1.82, 2.24) is 14.9 Å². The minimum Gasteiger partial charge on any atom is -0.345 e. The molecule has 1 atom stereocenters. The molecular weight excluding hydrogens is 468 g/mol. The number of pyridine rings is 1. The standard InChI is InChI=1S/C27H25F2N3O2S/c1-15-13-30-22(35-15)14-32-16(2)23(20-10-5-11-21(29)24(20)27(32)34)26(33)31-25(17-6-3-7-17)18-8-4-9-19(28)12-18/h4-5,8-13,17,25H,3,6-7,14H2,1-2H3,(H,31,33)/t25-/m0/s1. The van der Waals surface area contributed by atoms with E-state index in [-0.39, 0.29) is 40.7 Å². The lowest BCUT2D eigenvalue weighted by molar-refractivity contribution is 0.0900. The number of rotatable bonds is 6. The normalized spacial score (nSPS) is 14.6. The van der Waals surface area contributed by atoms with Crippen molar-refractivity contribution in [1.29, 1.82) is 0 Å². The zero-order valence-corrected chi connectivity index (χ0v) is 20.3. The molecule has 4 aromatic rings. The molecule has 0 aliphatic heterocycles. The maximum Gasteiger partial charge on any atom is 0.262 e. The molecule has 1 fully saturated rings. The smallest absolute Gasteiger partial charge is 0.262 e. The molecule has 1 aliphatic rings. The number of hydrogen-bond acceptors (Lipinski definition) is 4. The van der Waals surface area contributed by atoms with E-state index in [1.54, 1.807) is 25.3 Å². The van der Waals surface area contributed by atoms with E-state index in [0.29, 0.717) is 16.3 Å². The number of halogens is 2. The van der Waals surface area contributed by atoms with Gasteiger partial charge in [-0.2, -0.15) is 0 Å². The van der Waals surface area contributed by atoms with Crippen molar-refractivity contribution in [2.75, 3.05) is 0 Å². The molecule has 35 heavy (non-hydrogen) atoms. The molecule has 180 valence electrons. The van der Waals surface area contributed by atoms with Crippen LogP contribution in [0.25, 0.3) is 10.8 Å². The van der Waals surface area contributed by atoms with E-state index in [1.807, 2.05) is 13.0 Å². The highest BCUT2D eigenvalue weighted by atomic mass is 32.1. The fourth-order valence-electron chi connectivity index (χ4n) is 4.81. The summed E-state index contributed by atoms with van der Waals surface area (Å²) in [7, 11) is 0. The largest absolute Gasteiger partial charge is 0.345 e. The molecule has 5 nitrogen and oxygen atoms in total. The van der Waals surface area contributed by atoms with Crippen LogP contribution in [-0.2, 0) is 6.54 Å². The van der Waals surface area contributed by atoms with E-state index in [9.17, 15) is 18.4 Å². The van der Waals surface area contributed by atoms with Crippen LogP contribution in [0.15, 0.2) is 53.5 Å². The number of fused-ring (bicyclic) bond motifs is 1. The van der Waals surface area contributed by atoms with Crippen molar-refractivity contribution in [3.8, 4) is 0 Å². The van der Waals surface area contributed by atoms with Gasteiger partial charge in [0.2, 0.25) is 0 Å². The molecule has 0 spiro atoms. The Kier molecular flexibility index (Phi) is 6.23. The fourth-order valence-corrected chi connectivity index (χ4v) is 5.59. The van der Waals surface area contributed by atoms with Gasteiger partial charge in [-0.05, 0) is 56.4 Å². The maximum absolute atomic E-state index is 14.9. The van der Waals surface area contributed by atoms with Crippen molar-refractivity contribution >= 4 is 28.0 Å². The van der Waals surface area contributed by atoms with Crippen LogP contribution < -0.4 is 10.9 Å². The molecular formula is C27H25F2N3O2S. The average Bonchev–Trinajstić information content (AvgIpc) is 3.19. The molecule has 1 amide bonds. The van der Waals surface area contributed by atoms with Gasteiger partial charge in [0.25, 0.3) is 11.5 Å². The van der Waals surface area contributed by atoms with Crippen LogP contribution in [0, 0.1) is 31.4 Å². The van der Waals surface area contributed by atoms with Gasteiger partial charge >= 0.3 is 0 Å². The third-order valence-corrected chi connectivity index (χ3v) is 7.71. The van der Waals surface area contributed by atoms with Crippen molar-refractivity contribution in [2.24, 2.45) is 5.92 Å². The van der Waals surface area contributed by atoms with Gasteiger partial charge in [-0.15, -0.1) is 11.3 Å². The summed E-state index contributed by atoms with van der Waals surface area (Å²) < 4.78 is 30.3. The second-order valence-corrected chi connectivity index (χ2v) is 10.4. The number of hydrogen-bond donors (Lipinski definition) is 1.